The average molecular weight is 419 g/mol. The molecule has 3 heterocycles. The Balaban J connectivity index is 1.40. The van der Waals surface area contributed by atoms with E-state index in [4.69, 9.17) is 18.9 Å². The Bertz CT molecular complexity index is 849. The molecule has 2 fully saturated rings. The van der Waals surface area contributed by atoms with E-state index < -0.39 is 0 Å². The van der Waals surface area contributed by atoms with Gasteiger partial charge in [0.25, 0.3) is 0 Å². The maximum atomic E-state index is 12.8. The highest BCUT2D eigenvalue weighted by atomic mass is 32.1. The van der Waals surface area contributed by atoms with Crippen molar-refractivity contribution in [3.63, 3.8) is 0 Å². The number of rotatable bonds is 6. The van der Waals surface area contributed by atoms with Crippen molar-refractivity contribution < 1.29 is 23.7 Å². The maximum absolute atomic E-state index is 12.8. The minimum atomic E-state index is -0.165. The molecule has 156 valence electrons. The van der Waals surface area contributed by atoms with Crippen molar-refractivity contribution in [1.82, 2.24) is 9.88 Å². The summed E-state index contributed by atoms with van der Waals surface area (Å²) >= 11 is 1.53. The van der Waals surface area contributed by atoms with Gasteiger partial charge in [-0.05, 0) is 31.0 Å². The summed E-state index contributed by atoms with van der Waals surface area (Å²) in [5.74, 6) is 1.71. The third-order valence-corrected chi connectivity index (χ3v) is 6.30. The van der Waals surface area contributed by atoms with Gasteiger partial charge in [-0.2, -0.15) is 0 Å². The minimum absolute atomic E-state index is 0.108. The third-order valence-electron chi connectivity index (χ3n) is 5.36. The number of hydrogen-bond donors (Lipinski definition) is 0. The molecule has 2 aromatic rings. The molecular formula is C21H26N2O5S. The monoisotopic (exact) mass is 418 g/mol. The van der Waals surface area contributed by atoms with Crippen molar-refractivity contribution in [2.45, 2.75) is 25.6 Å². The van der Waals surface area contributed by atoms with Gasteiger partial charge in [-0.1, -0.05) is 0 Å². The van der Waals surface area contributed by atoms with E-state index in [0.717, 1.165) is 35.7 Å². The molecule has 0 radical (unpaired) electrons. The molecule has 1 aromatic carbocycles. The summed E-state index contributed by atoms with van der Waals surface area (Å²) in [5, 5.41) is 2.81. The van der Waals surface area contributed by atoms with Gasteiger partial charge in [0.1, 0.15) is 5.01 Å². The lowest BCUT2D eigenvalue weighted by molar-refractivity contribution is -0.138. The topological polar surface area (TPSA) is 70.1 Å². The number of aromatic nitrogens is 1. The second-order valence-electron chi connectivity index (χ2n) is 7.24. The highest BCUT2D eigenvalue weighted by Crippen LogP contribution is 2.33. The summed E-state index contributed by atoms with van der Waals surface area (Å²) in [6, 6.07) is 5.71. The van der Waals surface area contributed by atoms with Crippen molar-refractivity contribution in [2.24, 2.45) is 5.92 Å². The normalized spacial score (nSPS) is 20.1. The van der Waals surface area contributed by atoms with Crippen molar-refractivity contribution in [3.05, 3.63) is 29.3 Å². The molecule has 1 unspecified atom stereocenters. The van der Waals surface area contributed by atoms with E-state index in [1.54, 1.807) is 14.2 Å². The predicted molar refractivity (Wildman–Crippen MR) is 109 cm³/mol. The highest BCUT2D eigenvalue weighted by Gasteiger charge is 2.32. The van der Waals surface area contributed by atoms with Crippen LogP contribution < -0.4 is 9.47 Å². The fourth-order valence-electron chi connectivity index (χ4n) is 3.86. The lowest BCUT2D eigenvalue weighted by atomic mass is 9.97. The number of amides is 1. The van der Waals surface area contributed by atoms with Crippen molar-refractivity contribution in [1.29, 1.82) is 0 Å². The number of ether oxygens (including phenoxy) is 4. The molecule has 1 atom stereocenters. The zero-order valence-corrected chi connectivity index (χ0v) is 17.6. The number of benzene rings is 1. The van der Waals surface area contributed by atoms with Gasteiger partial charge in [0, 0.05) is 30.0 Å². The van der Waals surface area contributed by atoms with Crippen LogP contribution in [0.15, 0.2) is 23.6 Å². The second-order valence-corrected chi connectivity index (χ2v) is 8.10. The Kier molecular flexibility index (Phi) is 6.32. The SMILES string of the molecule is COc1ccc(-c2nc(CC(=O)N3CCCC(C4OCCO4)C3)cs2)cc1OC. The van der Waals surface area contributed by atoms with Crippen LogP contribution in [0.5, 0.6) is 11.5 Å². The zero-order valence-electron chi connectivity index (χ0n) is 16.8. The molecule has 0 spiro atoms. The largest absolute Gasteiger partial charge is 0.493 e. The summed E-state index contributed by atoms with van der Waals surface area (Å²) in [7, 11) is 3.22. The van der Waals surface area contributed by atoms with E-state index in [1.165, 1.54) is 11.3 Å². The molecule has 2 aliphatic rings. The van der Waals surface area contributed by atoms with Gasteiger partial charge in [-0.15, -0.1) is 11.3 Å². The standard InChI is InChI=1S/C21H26N2O5S/c1-25-17-6-5-14(10-18(17)26-2)20-22-16(13-29-20)11-19(24)23-7-3-4-15(12-23)21-27-8-9-28-21/h5-6,10,13,15,21H,3-4,7-9,11-12H2,1-2H3. The quantitative estimate of drug-likeness (QED) is 0.718. The van der Waals surface area contributed by atoms with Gasteiger partial charge in [-0.3, -0.25) is 4.79 Å². The smallest absolute Gasteiger partial charge is 0.228 e. The fraction of sp³-hybridized carbons (Fsp3) is 0.524. The predicted octanol–water partition coefficient (Wildman–Crippen LogP) is 2.98. The molecule has 8 heteroatoms. The summed E-state index contributed by atoms with van der Waals surface area (Å²) in [6.07, 6.45) is 2.16. The van der Waals surface area contributed by atoms with Gasteiger partial charge in [-0.25, -0.2) is 4.98 Å². The van der Waals surface area contributed by atoms with Crippen LogP contribution in [-0.2, 0) is 20.7 Å². The Morgan fingerprint density at radius 2 is 2.03 bits per heavy atom. The van der Waals surface area contributed by atoms with Gasteiger partial charge >= 0.3 is 0 Å². The summed E-state index contributed by atoms with van der Waals surface area (Å²) in [5.41, 5.74) is 1.74. The molecule has 2 aliphatic heterocycles. The first kappa shape index (κ1) is 20.1. The van der Waals surface area contributed by atoms with Crippen molar-refractivity contribution in [2.75, 3.05) is 40.5 Å². The van der Waals surface area contributed by atoms with E-state index in [2.05, 4.69) is 4.98 Å². The zero-order chi connectivity index (χ0) is 20.2. The van der Waals surface area contributed by atoms with E-state index in [-0.39, 0.29) is 18.1 Å². The molecule has 1 aromatic heterocycles. The van der Waals surface area contributed by atoms with Crippen LogP contribution in [0, 0.1) is 5.92 Å². The maximum Gasteiger partial charge on any atom is 0.228 e. The van der Waals surface area contributed by atoms with Crippen LogP contribution in [0.1, 0.15) is 18.5 Å². The number of hydrogen-bond acceptors (Lipinski definition) is 7. The van der Waals surface area contributed by atoms with Gasteiger partial charge in [0.05, 0.1) is 39.5 Å². The lowest BCUT2D eigenvalue weighted by Gasteiger charge is -2.34. The molecule has 0 saturated carbocycles. The summed E-state index contributed by atoms with van der Waals surface area (Å²) in [6.45, 7) is 2.77. The van der Waals surface area contributed by atoms with E-state index in [0.29, 0.717) is 37.7 Å². The number of piperidine rings is 1. The fourth-order valence-corrected chi connectivity index (χ4v) is 4.68. The third kappa shape index (κ3) is 4.55. The first-order chi connectivity index (χ1) is 14.2. The van der Waals surface area contributed by atoms with Crippen LogP contribution >= 0.6 is 11.3 Å². The van der Waals surface area contributed by atoms with E-state index in [9.17, 15) is 4.79 Å². The Morgan fingerprint density at radius 3 is 2.79 bits per heavy atom. The molecule has 0 aliphatic carbocycles. The lowest BCUT2D eigenvalue weighted by Crippen LogP contribution is -2.44. The van der Waals surface area contributed by atoms with E-state index in [1.807, 2.05) is 28.5 Å². The van der Waals surface area contributed by atoms with Crippen LogP contribution in [0.4, 0.5) is 0 Å². The number of carbonyl (C=O) groups is 1. The number of thiazole rings is 1. The molecule has 0 N–H and O–H groups in total. The molecule has 2 saturated heterocycles. The Hall–Kier alpha value is -2.16. The number of likely N-dealkylation sites (tertiary alicyclic amines) is 1. The Labute approximate surface area is 174 Å². The number of nitrogens with zero attached hydrogens (tertiary/aromatic N) is 2. The van der Waals surface area contributed by atoms with Gasteiger partial charge in [0.15, 0.2) is 17.8 Å². The van der Waals surface area contributed by atoms with Crippen molar-refractivity contribution >= 4 is 17.2 Å². The van der Waals surface area contributed by atoms with Gasteiger partial charge in [0.2, 0.25) is 5.91 Å². The summed E-state index contributed by atoms with van der Waals surface area (Å²) < 4.78 is 21.9. The van der Waals surface area contributed by atoms with Crippen molar-refractivity contribution in [3.8, 4) is 22.1 Å². The molecule has 1 amide bonds. The van der Waals surface area contributed by atoms with E-state index >= 15 is 0 Å². The molecule has 29 heavy (non-hydrogen) atoms. The number of carbonyl (C=O) groups excluding carboxylic acids is 1. The van der Waals surface area contributed by atoms with Crippen LogP contribution in [0.25, 0.3) is 10.6 Å². The van der Waals surface area contributed by atoms with Crippen LogP contribution in [0.2, 0.25) is 0 Å². The van der Waals surface area contributed by atoms with Crippen LogP contribution in [0.3, 0.4) is 0 Å². The minimum Gasteiger partial charge on any atom is -0.493 e. The van der Waals surface area contributed by atoms with Crippen LogP contribution in [-0.4, -0.2) is 62.6 Å². The van der Waals surface area contributed by atoms with Gasteiger partial charge < -0.3 is 23.8 Å². The first-order valence-electron chi connectivity index (χ1n) is 9.85. The summed E-state index contributed by atoms with van der Waals surface area (Å²) in [4.78, 5) is 19.4. The first-order valence-corrected chi connectivity index (χ1v) is 10.7. The highest BCUT2D eigenvalue weighted by molar-refractivity contribution is 7.13. The average Bonchev–Trinajstić information content (AvgIpc) is 3.46. The molecule has 7 nitrogen and oxygen atoms in total. The molecule has 0 bridgehead atoms. The molecule has 4 rings (SSSR count). The molecular weight excluding hydrogens is 392 g/mol. The second kappa shape index (κ2) is 9.11. The number of methoxy groups -OCH3 is 2. The Morgan fingerprint density at radius 1 is 1.24 bits per heavy atom.